The molecule has 2 nitrogen and oxygen atoms in total. The summed E-state index contributed by atoms with van der Waals surface area (Å²) in [5.41, 5.74) is 1.96. The first-order valence-electron chi connectivity index (χ1n) is 4.86. The number of hydrogen-bond acceptors (Lipinski definition) is 1. The molecule has 0 heterocycles. The van der Waals surface area contributed by atoms with E-state index in [0.29, 0.717) is 11.1 Å². The van der Waals surface area contributed by atoms with E-state index in [-0.39, 0.29) is 5.41 Å². The van der Waals surface area contributed by atoms with E-state index in [1.165, 1.54) is 0 Å². The van der Waals surface area contributed by atoms with Crippen LogP contribution in [0, 0.1) is 0 Å². The minimum atomic E-state index is -0.906. The van der Waals surface area contributed by atoms with Crippen LogP contribution in [0.4, 0.5) is 0 Å². The average molecular weight is 204 g/mol. The Morgan fingerprint density at radius 2 is 2.00 bits per heavy atom. The molecule has 0 aliphatic heterocycles. The number of benzene rings is 1. The molecule has 0 aromatic heterocycles. The highest BCUT2D eigenvalue weighted by atomic mass is 16.4. The van der Waals surface area contributed by atoms with Crippen LogP contribution in [0.25, 0.3) is 6.08 Å². The lowest BCUT2D eigenvalue weighted by atomic mass is 9.85. The van der Waals surface area contributed by atoms with Crippen LogP contribution in [-0.4, -0.2) is 11.1 Å². The normalized spacial score (nSPS) is 11.1. The van der Waals surface area contributed by atoms with Crippen molar-refractivity contribution in [3.05, 3.63) is 41.5 Å². The van der Waals surface area contributed by atoms with E-state index in [1.54, 1.807) is 18.2 Å². The predicted molar refractivity (Wildman–Crippen MR) is 62.2 cm³/mol. The predicted octanol–water partition coefficient (Wildman–Crippen LogP) is 3.33. The molecule has 0 radical (unpaired) electrons. The van der Waals surface area contributed by atoms with Crippen molar-refractivity contribution in [2.45, 2.75) is 26.2 Å². The molecule has 0 unspecified atom stereocenters. The van der Waals surface area contributed by atoms with Gasteiger partial charge in [0.2, 0.25) is 0 Å². The van der Waals surface area contributed by atoms with Crippen LogP contribution in [0.5, 0.6) is 0 Å². The van der Waals surface area contributed by atoms with Gasteiger partial charge in [-0.2, -0.15) is 0 Å². The summed E-state index contributed by atoms with van der Waals surface area (Å²) in [6, 6.07) is 5.47. The van der Waals surface area contributed by atoms with Crippen LogP contribution in [0.2, 0.25) is 0 Å². The summed E-state index contributed by atoms with van der Waals surface area (Å²) >= 11 is 0. The molecule has 15 heavy (non-hydrogen) atoms. The van der Waals surface area contributed by atoms with Crippen molar-refractivity contribution in [3.8, 4) is 0 Å². The maximum atomic E-state index is 11.0. The van der Waals surface area contributed by atoms with Gasteiger partial charge in [-0.15, -0.1) is 0 Å². The zero-order valence-corrected chi connectivity index (χ0v) is 9.37. The molecule has 0 saturated carbocycles. The van der Waals surface area contributed by atoms with E-state index in [0.717, 1.165) is 5.56 Å². The maximum Gasteiger partial charge on any atom is 0.336 e. The van der Waals surface area contributed by atoms with Gasteiger partial charge >= 0.3 is 5.97 Å². The molecule has 0 bridgehead atoms. The minimum Gasteiger partial charge on any atom is -0.478 e. The molecule has 1 rings (SSSR count). The van der Waals surface area contributed by atoms with Gasteiger partial charge in [-0.25, -0.2) is 4.79 Å². The topological polar surface area (TPSA) is 37.3 Å². The first-order valence-corrected chi connectivity index (χ1v) is 4.86. The molecule has 1 aromatic rings. The molecule has 1 N–H and O–H groups in total. The van der Waals surface area contributed by atoms with Gasteiger partial charge in [0.05, 0.1) is 5.56 Å². The Morgan fingerprint density at radius 3 is 2.40 bits per heavy atom. The molecule has 80 valence electrons. The average Bonchev–Trinajstić information content (AvgIpc) is 2.15. The fourth-order valence-electron chi connectivity index (χ4n) is 1.39. The summed E-state index contributed by atoms with van der Waals surface area (Å²) in [5.74, 6) is -0.906. The zero-order valence-electron chi connectivity index (χ0n) is 9.37. The van der Waals surface area contributed by atoms with Crippen molar-refractivity contribution >= 4 is 12.0 Å². The van der Waals surface area contributed by atoms with Gasteiger partial charge in [-0.1, -0.05) is 45.6 Å². The summed E-state index contributed by atoms with van der Waals surface area (Å²) in [5, 5.41) is 9.04. The first-order chi connectivity index (χ1) is 6.86. The zero-order chi connectivity index (χ0) is 11.6. The van der Waals surface area contributed by atoms with Crippen molar-refractivity contribution < 1.29 is 9.90 Å². The van der Waals surface area contributed by atoms with Gasteiger partial charge in [0.15, 0.2) is 0 Å². The van der Waals surface area contributed by atoms with Crippen molar-refractivity contribution in [3.63, 3.8) is 0 Å². The van der Waals surface area contributed by atoms with Gasteiger partial charge in [0.1, 0.15) is 0 Å². The van der Waals surface area contributed by atoms with Gasteiger partial charge in [-0.3, -0.25) is 0 Å². The lowest BCUT2D eigenvalue weighted by molar-refractivity contribution is 0.0696. The molecule has 0 aliphatic carbocycles. The van der Waals surface area contributed by atoms with E-state index < -0.39 is 5.97 Å². The standard InChI is InChI=1S/C13H16O2/c1-5-9-6-7-10(13(2,3)4)8-11(9)12(14)15/h5-8H,1H2,2-4H3,(H,14,15). The van der Waals surface area contributed by atoms with Crippen LogP contribution in [0.1, 0.15) is 42.3 Å². The summed E-state index contributed by atoms with van der Waals surface area (Å²) in [6.45, 7) is 9.77. The second-order valence-corrected chi connectivity index (χ2v) is 4.56. The number of hydrogen-bond donors (Lipinski definition) is 1. The summed E-state index contributed by atoms with van der Waals surface area (Å²) in [6.07, 6.45) is 1.57. The monoisotopic (exact) mass is 204 g/mol. The van der Waals surface area contributed by atoms with Crippen LogP contribution in [0.15, 0.2) is 24.8 Å². The van der Waals surface area contributed by atoms with Gasteiger partial charge in [0, 0.05) is 0 Å². The lowest BCUT2D eigenvalue weighted by Gasteiger charge is -2.19. The van der Waals surface area contributed by atoms with Crippen LogP contribution < -0.4 is 0 Å². The molecular weight excluding hydrogens is 188 g/mol. The third kappa shape index (κ3) is 2.46. The van der Waals surface area contributed by atoms with Gasteiger partial charge in [0.25, 0.3) is 0 Å². The highest BCUT2D eigenvalue weighted by Gasteiger charge is 2.17. The Labute approximate surface area is 90.3 Å². The van der Waals surface area contributed by atoms with E-state index in [1.807, 2.05) is 6.07 Å². The quantitative estimate of drug-likeness (QED) is 0.802. The molecule has 0 amide bonds. The smallest absolute Gasteiger partial charge is 0.336 e. The minimum absolute atomic E-state index is 0.0378. The van der Waals surface area contributed by atoms with Crippen molar-refractivity contribution in [2.75, 3.05) is 0 Å². The number of aromatic carboxylic acids is 1. The van der Waals surface area contributed by atoms with E-state index in [4.69, 9.17) is 5.11 Å². The molecule has 1 aromatic carbocycles. The van der Waals surface area contributed by atoms with Crippen molar-refractivity contribution in [1.82, 2.24) is 0 Å². The summed E-state index contributed by atoms with van der Waals surface area (Å²) in [4.78, 5) is 11.0. The summed E-state index contributed by atoms with van der Waals surface area (Å²) in [7, 11) is 0. The second-order valence-electron chi connectivity index (χ2n) is 4.56. The van der Waals surface area contributed by atoms with Crippen LogP contribution in [-0.2, 0) is 5.41 Å². The van der Waals surface area contributed by atoms with E-state index in [9.17, 15) is 4.79 Å². The largest absolute Gasteiger partial charge is 0.478 e. The molecule has 2 heteroatoms. The number of carboxylic acid groups (broad SMARTS) is 1. The molecule has 0 atom stereocenters. The molecule has 0 saturated heterocycles. The highest BCUT2D eigenvalue weighted by molar-refractivity contribution is 5.92. The third-order valence-corrected chi connectivity index (χ3v) is 2.37. The Bertz CT molecular complexity index is 397. The fourth-order valence-corrected chi connectivity index (χ4v) is 1.39. The van der Waals surface area contributed by atoms with E-state index in [2.05, 4.69) is 27.4 Å². The molecular formula is C13H16O2. The number of carbonyl (C=O) groups is 1. The second kappa shape index (κ2) is 3.89. The van der Waals surface area contributed by atoms with Gasteiger partial charge in [-0.05, 0) is 22.6 Å². The Hall–Kier alpha value is -1.57. The van der Waals surface area contributed by atoms with Gasteiger partial charge < -0.3 is 5.11 Å². The maximum absolute atomic E-state index is 11.0. The molecule has 0 spiro atoms. The van der Waals surface area contributed by atoms with Crippen LogP contribution >= 0.6 is 0 Å². The van der Waals surface area contributed by atoms with Crippen LogP contribution in [0.3, 0.4) is 0 Å². The summed E-state index contributed by atoms with van der Waals surface area (Å²) < 4.78 is 0. The fraction of sp³-hybridized carbons (Fsp3) is 0.308. The number of carboxylic acids is 1. The highest BCUT2D eigenvalue weighted by Crippen LogP contribution is 2.25. The molecule has 0 aliphatic rings. The van der Waals surface area contributed by atoms with E-state index >= 15 is 0 Å². The van der Waals surface area contributed by atoms with Crippen molar-refractivity contribution in [2.24, 2.45) is 0 Å². The Balaban J connectivity index is 3.35. The Morgan fingerprint density at radius 1 is 1.40 bits per heavy atom. The Kier molecular flexibility index (Phi) is 2.98. The van der Waals surface area contributed by atoms with Crippen molar-refractivity contribution in [1.29, 1.82) is 0 Å². The molecule has 0 fully saturated rings. The lowest BCUT2D eigenvalue weighted by Crippen LogP contribution is -2.13. The number of rotatable bonds is 2. The first kappa shape index (κ1) is 11.5. The third-order valence-electron chi connectivity index (χ3n) is 2.37. The SMILES string of the molecule is C=Cc1ccc(C(C)(C)C)cc1C(=O)O.